The molecule has 0 aliphatic heterocycles. The molecule has 1 heterocycles. The second-order valence-corrected chi connectivity index (χ2v) is 6.76. The molecule has 0 aliphatic rings. The number of benzene rings is 1. The summed E-state index contributed by atoms with van der Waals surface area (Å²) in [4.78, 5) is 32.1. The lowest BCUT2D eigenvalue weighted by molar-refractivity contribution is -0.122. The smallest absolute Gasteiger partial charge is 0.426 e. The van der Waals surface area contributed by atoms with Gasteiger partial charge < -0.3 is 20.7 Å². The molecule has 0 radical (unpaired) electrons. The third-order valence-corrected chi connectivity index (χ3v) is 3.16. The quantitative estimate of drug-likeness (QED) is 0.517. The Morgan fingerprint density at radius 2 is 1.75 bits per heavy atom. The van der Waals surface area contributed by atoms with Gasteiger partial charge in [0.15, 0.2) is 0 Å². The van der Waals surface area contributed by atoms with E-state index in [1.54, 1.807) is 0 Å². The van der Waals surface area contributed by atoms with E-state index >= 15 is 0 Å². The predicted octanol–water partition coefficient (Wildman–Crippen LogP) is 0.608. The van der Waals surface area contributed by atoms with Crippen molar-refractivity contribution in [3.63, 3.8) is 0 Å². The standard InChI is InChI=1S/C15H17BN4O4.C4H10/c21-14(19-10-16(23)24)12(8-11-4-2-1-3-5-11)20-15(22)13-9-17-6-7-18-13;1-4(2)3/h1-7,9,12,23-24H,8,10H2,(H,19,21)(H,20,22);4H,1-3H3/t12-;/m0./s1. The zero-order valence-corrected chi connectivity index (χ0v) is 16.4. The lowest BCUT2D eigenvalue weighted by Gasteiger charge is -2.18. The Morgan fingerprint density at radius 3 is 2.29 bits per heavy atom. The summed E-state index contributed by atoms with van der Waals surface area (Å²) in [7, 11) is -1.66. The number of hydrogen-bond donors (Lipinski definition) is 4. The van der Waals surface area contributed by atoms with E-state index in [-0.39, 0.29) is 18.6 Å². The number of rotatable bonds is 7. The zero-order chi connectivity index (χ0) is 20.9. The first-order valence-corrected chi connectivity index (χ1v) is 9.04. The highest BCUT2D eigenvalue weighted by Crippen LogP contribution is 2.04. The average Bonchev–Trinajstić information content (AvgIpc) is 2.66. The molecule has 2 aromatic rings. The molecular formula is C19H27BN4O4. The Kier molecular flexibility index (Phi) is 10.5. The molecule has 0 fully saturated rings. The summed E-state index contributed by atoms with van der Waals surface area (Å²) in [5.74, 6) is -0.229. The fraction of sp³-hybridized carbons (Fsp3) is 0.368. The van der Waals surface area contributed by atoms with E-state index in [0.29, 0.717) is 0 Å². The van der Waals surface area contributed by atoms with Crippen LogP contribution >= 0.6 is 0 Å². The van der Waals surface area contributed by atoms with E-state index in [2.05, 4.69) is 41.4 Å². The summed E-state index contributed by atoms with van der Waals surface area (Å²) in [6, 6.07) is 8.27. The molecule has 28 heavy (non-hydrogen) atoms. The van der Waals surface area contributed by atoms with Gasteiger partial charge in [-0.2, -0.15) is 0 Å². The van der Waals surface area contributed by atoms with Crippen LogP contribution in [0.25, 0.3) is 0 Å². The van der Waals surface area contributed by atoms with Crippen molar-refractivity contribution in [3.8, 4) is 0 Å². The largest absolute Gasteiger partial charge is 0.472 e. The van der Waals surface area contributed by atoms with Crippen LogP contribution in [0.5, 0.6) is 0 Å². The molecule has 4 N–H and O–H groups in total. The molecule has 1 aromatic heterocycles. The van der Waals surface area contributed by atoms with Gasteiger partial charge in [0.25, 0.3) is 5.91 Å². The van der Waals surface area contributed by atoms with Crippen LogP contribution < -0.4 is 10.6 Å². The first-order valence-electron chi connectivity index (χ1n) is 9.04. The Balaban J connectivity index is 0.000000892. The second-order valence-electron chi connectivity index (χ2n) is 6.76. The van der Waals surface area contributed by atoms with Crippen LogP contribution in [0.2, 0.25) is 0 Å². The molecule has 0 saturated carbocycles. The van der Waals surface area contributed by atoms with Gasteiger partial charge >= 0.3 is 7.12 Å². The topological polar surface area (TPSA) is 124 Å². The van der Waals surface area contributed by atoms with E-state index in [1.165, 1.54) is 18.6 Å². The average molecular weight is 386 g/mol. The number of amides is 2. The van der Waals surface area contributed by atoms with Crippen molar-refractivity contribution in [2.45, 2.75) is 33.2 Å². The van der Waals surface area contributed by atoms with Crippen LogP contribution in [0, 0.1) is 5.92 Å². The maximum atomic E-state index is 12.2. The molecule has 2 rings (SSSR count). The SMILES string of the molecule is CC(C)C.O=C(N[C@@H](Cc1ccccc1)C(=O)NCB(O)O)c1cnccn1. The molecule has 9 heteroatoms. The van der Waals surface area contributed by atoms with E-state index in [9.17, 15) is 9.59 Å². The molecule has 8 nitrogen and oxygen atoms in total. The molecule has 0 aliphatic carbocycles. The van der Waals surface area contributed by atoms with Crippen LogP contribution in [-0.4, -0.2) is 51.4 Å². The molecule has 1 aromatic carbocycles. The highest BCUT2D eigenvalue weighted by molar-refractivity contribution is 6.41. The Hall–Kier alpha value is -2.78. The minimum Gasteiger partial charge on any atom is -0.426 e. The summed E-state index contributed by atoms with van der Waals surface area (Å²) < 4.78 is 0. The molecular weight excluding hydrogens is 359 g/mol. The number of nitrogens with one attached hydrogen (secondary N) is 2. The van der Waals surface area contributed by atoms with Gasteiger partial charge in [-0.1, -0.05) is 51.1 Å². The van der Waals surface area contributed by atoms with Gasteiger partial charge in [-0.05, 0) is 11.5 Å². The maximum absolute atomic E-state index is 12.2. The van der Waals surface area contributed by atoms with Crippen molar-refractivity contribution in [1.82, 2.24) is 20.6 Å². The minimum absolute atomic E-state index is 0.0885. The Labute approximate surface area is 165 Å². The normalized spacial score (nSPS) is 11.1. The molecule has 0 saturated heterocycles. The maximum Gasteiger partial charge on any atom is 0.472 e. The Morgan fingerprint density at radius 1 is 1.11 bits per heavy atom. The summed E-state index contributed by atoms with van der Waals surface area (Å²) in [6.45, 7) is 6.50. The number of carbonyl (C=O) groups is 2. The van der Waals surface area contributed by atoms with Crippen molar-refractivity contribution < 1.29 is 19.6 Å². The van der Waals surface area contributed by atoms with Crippen LogP contribution in [0.4, 0.5) is 0 Å². The van der Waals surface area contributed by atoms with E-state index < -0.39 is 25.0 Å². The van der Waals surface area contributed by atoms with E-state index in [0.717, 1.165) is 11.5 Å². The van der Waals surface area contributed by atoms with Crippen molar-refractivity contribution in [3.05, 3.63) is 60.2 Å². The van der Waals surface area contributed by atoms with Crippen molar-refractivity contribution in [1.29, 1.82) is 0 Å². The van der Waals surface area contributed by atoms with Crippen LogP contribution in [0.15, 0.2) is 48.9 Å². The number of aromatic nitrogens is 2. The third kappa shape index (κ3) is 9.79. The van der Waals surface area contributed by atoms with Crippen LogP contribution in [0.1, 0.15) is 36.8 Å². The van der Waals surface area contributed by atoms with Crippen LogP contribution in [-0.2, 0) is 11.2 Å². The molecule has 0 spiro atoms. The van der Waals surface area contributed by atoms with Gasteiger partial charge in [-0.15, -0.1) is 0 Å². The summed E-state index contributed by atoms with van der Waals surface area (Å²) in [5.41, 5.74) is 0.937. The molecule has 0 unspecified atom stereocenters. The fourth-order valence-electron chi connectivity index (χ4n) is 2.02. The lowest BCUT2D eigenvalue weighted by Crippen LogP contribution is -2.50. The fourth-order valence-corrected chi connectivity index (χ4v) is 2.02. The third-order valence-electron chi connectivity index (χ3n) is 3.16. The number of hydrogen-bond acceptors (Lipinski definition) is 6. The molecule has 150 valence electrons. The van der Waals surface area contributed by atoms with Crippen molar-refractivity contribution in [2.75, 3.05) is 6.44 Å². The summed E-state index contributed by atoms with van der Waals surface area (Å²) in [6.07, 6.45) is 4.03. The lowest BCUT2D eigenvalue weighted by atomic mass is 9.92. The summed E-state index contributed by atoms with van der Waals surface area (Å²) in [5, 5.41) is 22.7. The first kappa shape index (κ1) is 23.3. The van der Waals surface area contributed by atoms with Gasteiger partial charge in [-0.25, -0.2) is 4.98 Å². The molecule has 2 amide bonds. The first-order chi connectivity index (χ1) is 13.3. The minimum atomic E-state index is -1.66. The summed E-state index contributed by atoms with van der Waals surface area (Å²) >= 11 is 0. The highest BCUT2D eigenvalue weighted by atomic mass is 16.4. The van der Waals surface area contributed by atoms with E-state index in [4.69, 9.17) is 10.0 Å². The van der Waals surface area contributed by atoms with E-state index in [1.807, 2.05) is 30.3 Å². The molecule has 0 bridgehead atoms. The van der Waals surface area contributed by atoms with Gasteiger partial charge in [0.05, 0.1) is 12.6 Å². The second kappa shape index (κ2) is 12.6. The molecule has 1 atom stereocenters. The zero-order valence-electron chi connectivity index (χ0n) is 16.4. The monoisotopic (exact) mass is 386 g/mol. The van der Waals surface area contributed by atoms with Gasteiger partial charge in [0.1, 0.15) is 11.7 Å². The highest BCUT2D eigenvalue weighted by Gasteiger charge is 2.23. The van der Waals surface area contributed by atoms with Crippen molar-refractivity contribution in [2.24, 2.45) is 5.92 Å². The van der Waals surface area contributed by atoms with Gasteiger partial charge in [0.2, 0.25) is 5.91 Å². The van der Waals surface area contributed by atoms with Gasteiger partial charge in [0, 0.05) is 18.8 Å². The van der Waals surface area contributed by atoms with Gasteiger partial charge in [-0.3, -0.25) is 14.6 Å². The van der Waals surface area contributed by atoms with Crippen LogP contribution in [0.3, 0.4) is 0 Å². The Bertz CT molecular complexity index is 712. The number of nitrogens with zero attached hydrogens (tertiary/aromatic N) is 2. The van der Waals surface area contributed by atoms with Crippen molar-refractivity contribution >= 4 is 18.9 Å². The number of carbonyl (C=O) groups excluding carboxylic acids is 2. The predicted molar refractivity (Wildman–Crippen MR) is 107 cm³/mol.